The Morgan fingerprint density at radius 3 is 3.06 bits per heavy atom. The summed E-state index contributed by atoms with van der Waals surface area (Å²) in [7, 11) is 0. The van der Waals surface area contributed by atoms with E-state index < -0.39 is 0 Å². The third kappa shape index (κ3) is 2.48. The van der Waals surface area contributed by atoms with Gasteiger partial charge < -0.3 is 11.1 Å². The molecule has 4 N–H and O–H groups in total. The minimum absolute atomic E-state index is 0.213. The summed E-state index contributed by atoms with van der Waals surface area (Å²) in [5.41, 5.74) is 7.55. The quantitative estimate of drug-likeness (QED) is 0.728. The van der Waals surface area contributed by atoms with Crippen molar-refractivity contribution in [2.75, 3.05) is 5.32 Å². The molecule has 2 heterocycles. The average molecular weight is 231 g/mol. The van der Waals surface area contributed by atoms with E-state index in [0.717, 1.165) is 5.56 Å². The largest absolute Gasteiger partial charge is 0.325 e. The van der Waals surface area contributed by atoms with Gasteiger partial charge in [-0.1, -0.05) is 0 Å². The van der Waals surface area contributed by atoms with Crippen LogP contribution in [0.3, 0.4) is 0 Å². The van der Waals surface area contributed by atoms with Gasteiger partial charge in [0.1, 0.15) is 5.82 Å². The Labute approximate surface area is 98.3 Å². The van der Waals surface area contributed by atoms with E-state index in [2.05, 4.69) is 20.5 Å². The van der Waals surface area contributed by atoms with Gasteiger partial charge >= 0.3 is 0 Å². The van der Waals surface area contributed by atoms with Crippen LogP contribution in [-0.4, -0.2) is 21.1 Å². The van der Waals surface area contributed by atoms with Crippen molar-refractivity contribution in [1.82, 2.24) is 15.2 Å². The van der Waals surface area contributed by atoms with Crippen LogP contribution in [0, 0.1) is 6.92 Å². The number of anilines is 1. The van der Waals surface area contributed by atoms with Crippen LogP contribution in [0.15, 0.2) is 24.5 Å². The van der Waals surface area contributed by atoms with Crippen LogP contribution in [0.5, 0.6) is 0 Å². The van der Waals surface area contributed by atoms with E-state index in [0.29, 0.717) is 23.6 Å². The van der Waals surface area contributed by atoms with E-state index in [4.69, 9.17) is 5.73 Å². The van der Waals surface area contributed by atoms with Crippen molar-refractivity contribution in [3.8, 4) is 0 Å². The SMILES string of the molecule is Cc1cn[nH]c1NC(=O)c1ccnc(CN)c1. The second-order valence-corrected chi connectivity index (χ2v) is 3.62. The third-order valence-electron chi connectivity index (χ3n) is 2.36. The van der Waals surface area contributed by atoms with E-state index in [1.165, 1.54) is 0 Å². The highest BCUT2D eigenvalue weighted by Gasteiger charge is 2.09. The Morgan fingerprint density at radius 1 is 1.59 bits per heavy atom. The predicted molar refractivity (Wildman–Crippen MR) is 63.4 cm³/mol. The zero-order valence-electron chi connectivity index (χ0n) is 9.40. The number of rotatable bonds is 3. The lowest BCUT2D eigenvalue weighted by Crippen LogP contribution is -2.14. The molecule has 0 aliphatic heterocycles. The Balaban J connectivity index is 2.17. The highest BCUT2D eigenvalue weighted by atomic mass is 16.1. The van der Waals surface area contributed by atoms with Gasteiger partial charge in [-0.25, -0.2) is 0 Å². The van der Waals surface area contributed by atoms with Gasteiger partial charge in [-0.15, -0.1) is 0 Å². The smallest absolute Gasteiger partial charge is 0.256 e. The monoisotopic (exact) mass is 231 g/mol. The minimum atomic E-state index is -0.213. The second-order valence-electron chi connectivity index (χ2n) is 3.62. The van der Waals surface area contributed by atoms with Gasteiger partial charge in [0, 0.05) is 23.9 Å². The van der Waals surface area contributed by atoms with Crippen molar-refractivity contribution in [3.05, 3.63) is 41.3 Å². The molecule has 0 aliphatic rings. The summed E-state index contributed by atoms with van der Waals surface area (Å²) >= 11 is 0. The van der Waals surface area contributed by atoms with Gasteiger partial charge in [-0.3, -0.25) is 14.9 Å². The average Bonchev–Trinajstić information content (AvgIpc) is 2.75. The maximum Gasteiger partial charge on any atom is 0.256 e. The first kappa shape index (κ1) is 11.3. The Morgan fingerprint density at radius 2 is 2.41 bits per heavy atom. The zero-order chi connectivity index (χ0) is 12.3. The number of carbonyl (C=O) groups excluding carboxylic acids is 1. The molecule has 6 heteroatoms. The lowest BCUT2D eigenvalue weighted by atomic mass is 10.2. The summed E-state index contributed by atoms with van der Waals surface area (Å²) in [5, 5.41) is 9.27. The number of hydrogen-bond donors (Lipinski definition) is 3. The molecular formula is C11H13N5O. The number of aryl methyl sites for hydroxylation is 1. The number of amides is 1. The van der Waals surface area contributed by atoms with Crippen LogP contribution in [0.2, 0.25) is 0 Å². The summed E-state index contributed by atoms with van der Waals surface area (Å²) in [6, 6.07) is 3.31. The number of H-pyrrole nitrogens is 1. The van der Waals surface area contributed by atoms with Crippen LogP contribution in [0.4, 0.5) is 5.82 Å². The van der Waals surface area contributed by atoms with Gasteiger partial charge in [0.15, 0.2) is 0 Å². The number of aromatic nitrogens is 3. The molecule has 0 bridgehead atoms. The summed E-state index contributed by atoms with van der Waals surface area (Å²) in [4.78, 5) is 15.9. The van der Waals surface area contributed by atoms with E-state index in [9.17, 15) is 4.79 Å². The normalized spacial score (nSPS) is 10.2. The number of aromatic amines is 1. The number of hydrogen-bond acceptors (Lipinski definition) is 4. The van der Waals surface area contributed by atoms with Crippen molar-refractivity contribution in [3.63, 3.8) is 0 Å². The molecule has 0 spiro atoms. The van der Waals surface area contributed by atoms with E-state index in [-0.39, 0.29) is 5.91 Å². The highest BCUT2D eigenvalue weighted by molar-refractivity contribution is 6.04. The highest BCUT2D eigenvalue weighted by Crippen LogP contribution is 2.11. The molecule has 0 aliphatic carbocycles. The standard InChI is InChI=1S/C11H13N5O/c1-7-6-14-16-10(7)15-11(17)8-2-3-13-9(4-8)5-12/h2-4,6H,5,12H2,1H3,(H2,14,15,16,17). The maximum atomic E-state index is 11.9. The summed E-state index contributed by atoms with van der Waals surface area (Å²) in [6.45, 7) is 2.17. The molecule has 2 aromatic heterocycles. The molecule has 6 nitrogen and oxygen atoms in total. The number of pyridine rings is 1. The fourth-order valence-corrected chi connectivity index (χ4v) is 1.39. The molecule has 0 unspecified atom stereocenters. The molecular weight excluding hydrogens is 218 g/mol. The van der Waals surface area contributed by atoms with E-state index in [1.54, 1.807) is 24.5 Å². The molecule has 0 saturated heterocycles. The van der Waals surface area contributed by atoms with Crippen LogP contribution in [0.1, 0.15) is 21.6 Å². The number of nitrogens with two attached hydrogens (primary N) is 1. The first-order chi connectivity index (χ1) is 8.20. The van der Waals surface area contributed by atoms with Gasteiger partial charge in [0.2, 0.25) is 0 Å². The summed E-state index contributed by atoms with van der Waals surface area (Å²) in [5.74, 6) is 0.385. The molecule has 0 aromatic carbocycles. The predicted octanol–water partition coefficient (Wildman–Crippen LogP) is 0.824. The van der Waals surface area contributed by atoms with Gasteiger partial charge in [0.25, 0.3) is 5.91 Å². The van der Waals surface area contributed by atoms with Crippen molar-refractivity contribution >= 4 is 11.7 Å². The molecule has 17 heavy (non-hydrogen) atoms. The Kier molecular flexibility index (Phi) is 3.15. The first-order valence-corrected chi connectivity index (χ1v) is 5.17. The topological polar surface area (TPSA) is 96.7 Å². The lowest BCUT2D eigenvalue weighted by Gasteiger charge is -2.04. The molecule has 0 fully saturated rings. The van der Waals surface area contributed by atoms with Gasteiger partial charge in [-0.2, -0.15) is 5.10 Å². The minimum Gasteiger partial charge on any atom is -0.325 e. The van der Waals surface area contributed by atoms with Gasteiger partial charge in [-0.05, 0) is 19.1 Å². The Bertz CT molecular complexity index is 534. The van der Waals surface area contributed by atoms with Crippen molar-refractivity contribution in [2.45, 2.75) is 13.5 Å². The van der Waals surface area contributed by atoms with Crippen molar-refractivity contribution < 1.29 is 4.79 Å². The van der Waals surface area contributed by atoms with Gasteiger partial charge in [0.05, 0.1) is 11.9 Å². The van der Waals surface area contributed by atoms with E-state index >= 15 is 0 Å². The fourth-order valence-electron chi connectivity index (χ4n) is 1.39. The molecule has 2 aromatic rings. The number of nitrogens with zero attached hydrogens (tertiary/aromatic N) is 2. The molecule has 88 valence electrons. The number of nitrogens with one attached hydrogen (secondary N) is 2. The van der Waals surface area contributed by atoms with Crippen LogP contribution < -0.4 is 11.1 Å². The second kappa shape index (κ2) is 4.75. The molecule has 0 radical (unpaired) electrons. The molecule has 1 amide bonds. The fraction of sp³-hybridized carbons (Fsp3) is 0.182. The number of carbonyl (C=O) groups is 1. The van der Waals surface area contributed by atoms with Crippen LogP contribution in [0.25, 0.3) is 0 Å². The van der Waals surface area contributed by atoms with Crippen molar-refractivity contribution in [2.24, 2.45) is 5.73 Å². The molecule has 0 atom stereocenters. The first-order valence-electron chi connectivity index (χ1n) is 5.17. The maximum absolute atomic E-state index is 11.9. The van der Waals surface area contributed by atoms with E-state index in [1.807, 2.05) is 6.92 Å². The molecule has 2 rings (SSSR count). The third-order valence-corrected chi connectivity index (χ3v) is 2.36. The summed E-state index contributed by atoms with van der Waals surface area (Å²) < 4.78 is 0. The summed E-state index contributed by atoms with van der Waals surface area (Å²) in [6.07, 6.45) is 3.21. The zero-order valence-corrected chi connectivity index (χ0v) is 9.40. The van der Waals surface area contributed by atoms with Crippen LogP contribution >= 0.6 is 0 Å². The Hall–Kier alpha value is -2.21. The molecule has 0 saturated carbocycles. The lowest BCUT2D eigenvalue weighted by molar-refractivity contribution is 0.102. The van der Waals surface area contributed by atoms with Crippen molar-refractivity contribution in [1.29, 1.82) is 0 Å². The van der Waals surface area contributed by atoms with Crippen LogP contribution in [-0.2, 0) is 6.54 Å².